The summed E-state index contributed by atoms with van der Waals surface area (Å²) in [4.78, 5) is 9.01. The molecule has 31 heavy (non-hydrogen) atoms. The van der Waals surface area contributed by atoms with Crippen LogP contribution in [0.5, 0.6) is 17.2 Å². The van der Waals surface area contributed by atoms with E-state index in [0.29, 0.717) is 40.2 Å². The van der Waals surface area contributed by atoms with Gasteiger partial charge >= 0.3 is 0 Å². The van der Waals surface area contributed by atoms with Crippen molar-refractivity contribution in [1.82, 2.24) is 14.5 Å². The predicted octanol–water partition coefficient (Wildman–Crippen LogP) is 4.37. The maximum absolute atomic E-state index is 13.5. The molecule has 0 bridgehead atoms. The third-order valence-corrected chi connectivity index (χ3v) is 4.77. The molecular weight excluding hydrogens is 401 g/mol. The molecule has 160 valence electrons. The van der Waals surface area contributed by atoms with E-state index in [1.807, 2.05) is 22.8 Å². The second kappa shape index (κ2) is 8.39. The number of hydrogen-bond donors (Lipinski definition) is 2. The van der Waals surface area contributed by atoms with Crippen molar-refractivity contribution in [2.75, 3.05) is 39.0 Å². The van der Waals surface area contributed by atoms with Gasteiger partial charge in [0.15, 0.2) is 11.5 Å². The molecular formula is C22H22FN5O3. The van der Waals surface area contributed by atoms with E-state index < -0.39 is 0 Å². The van der Waals surface area contributed by atoms with E-state index in [-0.39, 0.29) is 5.82 Å². The third-order valence-electron chi connectivity index (χ3n) is 4.77. The molecule has 0 aliphatic carbocycles. The van der Waals surface area contributed by atoms with Gasteiger partial charge in [0.1, 0.15) is 17.2 Å². The number of halogens is 1. The molecule has 0 unspecified atom stereocenters. The fourth-order valence-corrected chi connectivity index (χ4v) is 3.39. The lowest BCUT2D eigenvalue weighted by molar-refractivity contribution is 0.324. The van der Waals surface area contributed by atoms with E-state index >= 15 is 0 Å². The molecule has 0 aliphatic heterocycles. The minimum atomic E-state index is -0.328. The molecule has 2 N–H and O–H groups in total. The fourth-order valence-electron chi connectivity index (χ4n) is 3.39. The summed E-state index contributed by atoms with van der Waals surface area (Å²) in [6.07, 6.45) is 1.66. The average molecular weight is 423 g/mol. The number of ether oxygens (including phenoxy) is 3. The van der Waals surface area contributed by atoms with E-state index in [1.54, 1.807) is 46.7 Å². The van der Waals surface area contributed by atoms with Crippen molar-refractivity contribution in [1.29, 1.82) is 0 Å². The van der Waals surface area contributed by atoms with Gasteiger partial charge in [0.05, 0.1) is 38.7 Å². The number of methoxy groups -OCH3 is 3. The number of anilines is 3. The van der Waals surface area contributed by atoms with Crippen molar-refractivity contribution in [3.05, 3.63) is 54.5 Å². The Labute approximate surface area is 178 Å². The Hall–Kier alpha value is -4.01. The number of nitrogens with zero attached hydrogens (tertiary/aromatic N) is 3. The molecule has 2 aromatic carbocycles. The van der Waals surface area contributed by atoms with Crippen LogP contribution in [-0.2, 0) is 0 Å². The monoisotopic (exact) mass is 423 g/mol. The van der Waals surface area contributed by atoms with Crippen LogP contribution in [-0.4, -0.2) is 42.9 Å². The lowest BCUT2D eigenvalue weighted by Crippen LogP contribution is -2.04. The molecule has 0 radical (unpaired) electrons. The zero-order chi connectivity index (χ0) is 22.0. The summed E-state index contributed by atoms with van der Waals surface area (Å²) >= 11 is 0. The topological polar surface area (TPSA) is 82.5 Å². The van der Waals surface area contributed by atoms with Crippen LogP contribution in [0.15, 0.2) is 48.7 Å². The predicted molar refractivity (Wildman–Crippen MR) is 118 cm³/mol. The maximum Gasteiger partial charge on any atom is 0.208 e. The van der Waals surface area contributed by atoms with Gasteiger partial charge < -0.3 is 24.8 Å². The van der Waals surface area contributed by atoms with E-state index in [4.69, 9.17) is 14.2 Å². The first-order valence-electron chi connectivity index (χ1n) is 9.47. The van der Waals surface area contributed by atoms with E-state index in [2.05, 4.69) is 20.6 Å². The Bertz CT molecular complexity index is 1220. The largest absolute Gasteiger partial charge is 0.493 e. The number of pyridine rings is 1. The van der Waals surface area contributed by atoms with Crippen LogP contribution in [0.1, 0.15) is 0 Å². The highest BCUT2D eigenvalue weighted by molar-refractivity contribution is 5.84. The van der Waals surface area contributed by atoms with Crippen molar-refractivity contribution in [3.63, 3.8) is 0 Å². The van der Waals surface area contributed by atoms with Crippen LogP contribution in [0.4, 0.5) is 21.8 Å². The van der Waals surface area contributed by atoms with Crippen LogP contribution >= 0.6 is 0 Å². The van der Waals surface area contributed by atoms with Crippen molar-refractivity contribution in [2.24, 2.45) is 0 Å². The number of benzene rings is 2. The second-order valence-corrected chi connectivity index (χ2v) is 6.60. The number of hydrogen-bond acceptors (Lipinski definition) is 7. The maximum atomic E-state index is 13.5. The van der Waals surface area contributed by atoms with Gasteiger partial charge in [0.25, 0.3) is 0 Å². The normalized spacial score (nSPS) is 10.7. The Kier molecular flexibility index (Phi) is 5.48. The Morgan fingerprint density at radius 1 is 0.968 bits per heavy atom. The molecule has 4 rings (SSSR count). The third kappa shape index (κ3) is 3.77. The highest BCUT2D eigenvalue weighted by Crippen LogP contribution is 2.40. The Morgan fingerprint density at radius 2 is 1.71 bits per heavy atom. The fraction of sp³-hybridized carbons (Fsp3) is 0.182. The minimum absolute atomic E-state index is 0.328. The highest BCUT2D eigenvalue weighted by Gasteiger charge is 2.18. The smallest absolute Gasteiger partial charge is 0.208 e. The van der Waals surface area contributed by atoms with Gasteiger partial charge in [0.2, 0.25) is 11.7 Å². The summed E-state index contributed by atoms with van der Waals surface area (Å²) in [5.74, 6) is 2.37. The molecule has 0 aliphatic rings. The molecule has 0 spiro atoms. The average Bonchev–Trinajstić information content (AvgIpc) is 3.16. The summed E-state index contributed by atoms with van der Waals surface area (Å²) in [6, 6.07) is 11.7. The number of rotatable bonds is 7. The molecule has 0 fully saturated rings. The molecule has 2 heterocycles. The molecule has 2 aromatic heterocycles. The van der Waals surface area contributed by atoms with E-state index in [0.717, 1.165) is 11.2 Å². The molecule has 0 saturated heterocycles. The van der Waals surface area contributed by atoms with Crippen LogP contribution in [0.2, 0.25) is 0 Å². The first-order chi connectivity index (χ1) is 15.1. The molecule has 0 saturated carbocycles. The van der Waals surface area contributed by atoms with Gasteiger partial charge in [-0.3, -0.25) is 4.57 Å². The van der Waals surface area contributed by atoms with Crippen molar-refractivity contribution >= 4 is 28.5 Å². The molecule has 4 aromatic rings. The molecule has 0 atom stereocenters. The van der Waals surface area contributed by atoms with Gasteiger partial charge in [-0.1, -0.05) is 6.07 Å². The van der Waals surface area contributed by atoms with E-state index in [1.165, 1.54) is 12.1 Å². The zero-order valence-corrected chi connectivity index (χ0v) is 17.6. The first kappa shape index (κ1) is 20.3. The zero-order valence-electron chi connectivity index (χ0n) is 17.6. The number of aromatic nitrogens is 3. The lowest BCUT2D eigenvalue weighted by Gasteiger charge is -2.16. The first-order valence-corrected chi connectivity index (χ1v) is 9.47. The summed E-state index contributed by atoms with van der Waals surface area (Å²) in [5, 5.41) is 6.23. The second-order valence-electron chi connectivity index (χ2n) is 6.60. The van der Waals surface area contributed by atoms with Gasteiger partial charge in [-0.15, -0.1) is 0 Å². The van der Waals surface area contributed by atoms with Crippen LogP contribution < -0.4 is 24.8 Å². The molecule has 0 amide bonds. The number of imidazole rings is 1. The Balaban J connectivity index is 1.87. The lowest BCUT2D eigenvalue weighted by atomic mass is 10.2. The summed E-state index contributed by atoms with van der Waals surface area (Å²) < 4.78 is 31.9. The number of fused-ring (bicyclic) bond motifs is 1. The van der Waals surface area contributed by atoms with Gasteiger partial charge in [-0.2, -0.15) is 0 Å². The van der Waals surface area contributed by atoms with Crippen LogP contribution in [0, 0.1) is 5.82 Å². The quantitative estimate of drug-likeness (QED) is 0.457. The van der Waals surface area contributed by atoms with Gasteiger partial charge in [-0.25, -0.2) is 14.4 Å². The van der Waals surface area contributed by atoms with Crippen molar-refractivity contribution in [2.45, 2.75) is 0 Å². The number of nitrogens with one attached hydrogen (secondary N) is 2. The van der Waals surface area contributed by atoms with Crippen molar-refractivity contribution < 1.29 is 18.6 Å². The molecule has 8 nitrogen and oxygen atoms in total. The van der Waals surface area contributed by atoms with Crippen LogP contribution in [0.3, 0.4) is 0 Å². The highest BCUT2D eigenvalue weighted by atomic mass is 19.1. The summed E-state index contributed by atoms with van der Waals surface area (Å²) in [5.41, 5.74) is 2.82. The van der Waals surface area contributed by atoms with Gasteiger partial charge in [0, 0.05) is 30.9 Å². The SMILES string of the molecule is CNc1nc2cnc(Nc3cccc(F)c3)cc2n1-c1cc(OC)c(OC)c(OC)c1. The summed E-state index contributed by atoms with van der Waals surface area (Å²) in [6.45, 7) is 0. The van der Waals surface area contributed by atoms with Gasteiger partial charge in [-0.05, 0) is 18.2 Å². The Morgan fingerprint density at radius 3 is 2.32 bits per heavy atom. The minimum Gasteiger partial charge on any atom is -0.493 e. The molecule has 9 heteroatoms. The van der Waals surface area contributed by atoms with Crippen molar-refractivity contribution in [3.8, 4) is 22.9 Å². The summed E-state index contributed by atoms with van der Waals surface area (Å²) in [7, 11) is 6.48. The van der Waals surface area contributed by atoms with E-state index in [9.17, 15) is 4.39 Å². The standard InChI is InChI=1S/C22H22FN5O3/c1-24-22-27-16-12-25-20(26-14-7-5-6-13(23)8-14)11-17(16)28(22)15-9-18(29-2)21(31-4)19(10-15)30-3/h5-12H,1-4H3,(H,24,27)(H,25,26). The van der Waals surface area contributed by atoms with Crippen LogP contribution in [0.25, 0.3) is 16.7 Å².